The van der Waals surface area contributed by atoms with Crippen LogP contribution in [0, 0.1) is 0 Å². The van der Waals surface area contributed by atoms with E-state index in [9.17, 15) is 12.6 Å². The molecule has 0 spiro atoms. The number of hydrogen-bond acceptors (Lipinski definition) is 5. The van der Waals surface area contributed by atoms with Gasteiger partial charge in [-0.25, -0.2) is 0 Å². The monoisotopic (exact) mass is 337 g/mol. The van der Waals surface area contributed by atoms with Gasteiger partial charge >= 0.3 is 0 Å². The Morgan fingerprint density at radius 3 is 2.27 bits per heavy atom. The van der Waals surface area contributed by atoms with Crippen LogP contribution in [0.5, 0.6) is 0 Å². The molecule has 0 fully saturated rings. The Morgan fingerprint density at radius 1 is 1.05 bits per heavy atom. The number of hydrogen-bond donors (Lipinski definition) is 1. The lowest BCUT2D eigenvalue weighted by Gasteiger charge is -2.05. The number of rotatable bonds is 1. The third-order valence-corrected chi connectivity index (χ3v) is 3.91. The fraction of sp³-hybridized carbons (Fsp3) is 0.143. The van der Waals surface area contributed by atoms with Crippen LogP contribution in [-0.2, 0) is 20.8 Å². The second-order valence-electron chi connectivity index (χ2n) is 4.51. The van der Waals surface area contributed by atoms with Crippen LogP contribution in [-0.4, -0.2) is 36.0 Å². The molecule has 1 aliphatic rings. The number of amidine groups is 1. The summed E-state index contributed by atoms with van der Waals surface area (Å²) in [6.07, 6.45) is 6.52. The summed E-state index contributed by atoms with van der Waals surface area (Å²) in [6, 6.07) is 10.2. The predicted octanol–water partition coefficient (Wildman–Crippen LogP) is 1.64. The van der Waals surface area contributed by atoms with Crippen molar-refractivity contribution in [1.29, 1.82) is 0 Å². The molecule has 22 heavy (non-hydrogen) atoms. The van der Waals surface area contributed by atoms with Gasteiger partial charge < -0.3 is 5.32 Å². The van der Waals surface area contributed by atoms with Crippen LogP contribution in [0.25, 0.3) is 0 Å². The molecule has 1 aliphatic heterocycles. The molecule has 1 aromatic heterocycles. The number of fused-ring (bicyclic) bond motifs is 1. The average molecular weight is 337 g/mol. The Morgan fingerprint density at radius 2 is 1.64 bits per heavy atom. The predicted molar refractivity (Wildman–Crippen MR) is 88.0 cm³/mol. The summed E-state index contributed by atoms with van der Waals surface area (Å²) < 4.78 is 36.9. The molecule has 0 aliphatic carbocycles. The summed E-state index contributed by atoms with van der Waals surface area (Å²) in [5, 5.41) is 2.98. The molecule has 0 saturated carbocycles. The normalized spacial score (nSPS) is 14.6. The third-order valence-electron chi connectivity index (χ3n) is 2.57. The van der Waals surface area contributed by atoms with E-state index in [4.69, 9.17) is 0 Å². The maximum absolute atomic E-state index is 11.8. The maximum atomic E-state index is 11.8. The van der Waals surface area contributed by atoms with E-state index in [1.807, 2.05) is 0 Å². The number of nitrogens with zero attached hydrogens (tertiary/aromatic N) is 2. The van der Waals surface area contributed by atoms with E-state index in [2.05, 4.69) is 14.7 Å². The summed E-state index contributed by atoms with van der Waals surface area (Å²) in [4.78, 5) is 4.13. The Balaban J connectivity index is 0.000000396. The number of anilines is 1. The molecule has 3 rings (SSSR count). The number of nitrogens with one attached hydrogen (secondary N) is 1. The second-order valence-corrected chi connectivity index (χ2v) is 7.57. The van der Waals surface area contributed by atoms with Crippen molar-refractivity contribution in [2.45, 2.75) is 4.90 Å². The van der Waals surface area contributed by atoms with Crippen LogP contribution in [0.2, 0.25) is 0 Å². The van der Waals surface area contributed by atoms with Crippen molar-refractivity contribution in [3.05, 3.63) is 54.4 Å². The van der Waals surface area contributed by atoms with Crippen molar-refractivity contribution in [3.8, 4) is 0 Å². The van der Waals surface area contributed by atoms with Crippen LogP contribution < -0.4 is 5.32 Å². The minimum absolute atomic E-state index is 0.238. The molecule has 0 unspecified atom stereocenters. The van der Waals surface area contributed by atoms with E-state index < -0.39 is 20.8 Å². The zero-order valence-corrected chi connectivity index (χ0v) is 13.7. The van der Waals surface area contributed by atoms with Crippen molar-refractivity contribution < 1.29 is 12.6 Å². The van der Waals surface area contributed by atoms with E-state index in [1.54, 1.807) is 61.3 Å². The van der Waals surface area contributed by atoms with Gasteiger partial charge in [-0.05, 0) is 24.3 Å². The summed E-state index contributed by atoms with van der Waals surface area (Å²) in [7, 11) is -4.18. The van der Waals surface area contributed by atoms with Crippen molar-refractivity contribution in [1.82, 2.24) is 4.98 Å². The van der Waals surface area contributed by atoms with Crippen LogP contribution >= 0.6 is 0 Å². The topological polar surface area (TPSA) is 88.5 Å². The maximum Gasteiger partial charge on any atom is 0.285 e. The van der Waals surface area contributed by atoms with Gasteiger partial charge in [-0.1, -0.05) is 12.1 Å². The SMILES string of the molecule is CS(C)=O.O=S1(=O)N=C(Nc2ccncc2)c2ccccc21. The molecule has 2 aromatic rings. The molecule has 1 aromatic carbocycles. The van der Waals surface area contributed by atoms with Crippen LogP contribution in [0.15, 0.2) is 58.1 Å². The van der Waals surface area contributed by atoms with Crippen molar-refractivity contribution in [2.24, 2.45) is 4.40 Å². The van der Waals surface area contributed by atoms with E-state index in [1.165, 1.54) is 0 Å². The molecule has 6 nitrogen and oxygen atoms in total. The summed E-state index contributed by atoms with van der Waals surface area (Å²) in [5.41, 5.74) is 1.34. The number of benzene rings is 1. The molecule has 0 saturated heterocycles. The first-order valence-corrected chi connectivity index (χ1v) is 9.67. The first-order chi connectivity index (χ1) is 10.4. The van der Waals surface area contributed by atoms with Gasteiger partial charge in [0, 0.05) is 47.0 Å². The quantitative estimate of drug-likeness (QED) is 0.854. The highest BCUT2D eigenvalue weighted by atomic mass is 32.2. The van der Waals surface area contributed by atoms with Crippen molar-refractivity contribution >= 4 is 32.3 Å². The molecular weight excluding hydrogens is 322 g/mol. The van der Waals surface area contributed by atoms with Crippen molar-refractivity contribution in [3.63, 3.8) is 0 Å². The first-order valence-electron chi connectivity index (χ1n) is 6.26. The molecule has 116 valence electrons. The van der Waals surface area contributed by atoms with Gasteiger partial charge in [0.25, 0.3) is 10.0 Å². The third kappa shape index (κ3) is 3.99. The van der Waals surface area contributed by atoms with E-state index >= 15 is 0 Å². The smallest absolute Gasteiger partial charge is 0.285 e. The Kier molecular flexibility index (Phi) is 5.04. The highest BCUT2D eigenvalue weighted by Crippen LogP contribution is 2.26. The lowest BCUT2D eigenvalue weighted by atomic mass is 10.2. The van der Waals surface area contributed by atoms with Crippen LogP contribution in [0.4, 0.5) is 5.69 Å². The molecule has 2 heterocycles. The molecule has 0 radical (unpaired) electrons. The largest absolute Gasteiger partial charge is 0.339 e. The molecule has 0 bridgehead atoms. The number of pyridine rings is 1. The molecule has 8 heteroatoms. The van der Waals surface area contributed by atoms with Crippen LogP contribution in [0.1, 0.15) is 5.56 Å². The van der Waals surface area contributed by atoms with E-state index in [0.717, 1.165) is 5.69 Å². The Bertz CT molecular complexity index is 814. The zero-order valence-electron chi connectivity index (χ0n) is 12.1. The standard InChI is InChI=1S/C12H9N3O2S.C2H6OS/c16-18(17)11-4-2-1-3-10(11)12(15-18)14-9-5-7-13-8-6-9;1-4(2)3/h1-8H,(H,13,14,15);1-2H3. The minimum Gasteiger partial charge on any atom is -0.339 e. The van der Waals surface area contributed by atoms with Gasteiger partial charge in [-0.3, -0.25) is 9.19 Å². The molecule has 1 N–H and O–H groups in total. The van der Waals surface area contributed by atoms with Gasteiger partial charge in [-0.15, -0.1) is 4.40 Å². The number of sulfonamides is 1. The van der Waals surface area contributed by atoms with E-state index in [-0.39, 0.29) is 4.90 Å². The fourth-order valence-corrected chi connectivity index (χ4v) is 2.94. The molecule has 0 amide bonds. The second kappa shape index (κ2) is 6.80. The fourth-order valence-electron chi connectivity index (χ4n) is 1.77. The summed E-state index contributed by atoms with van der Waals surface area (Å²) in [6.45, 7) is 0. The molecular formula is C14H15N3O3S2. The van der Waals surface area contributed by atoms with Crippen molar-refractivity contribution in [2.75, 3.05) is 17.8 Å². The Labute approximate surface area is 131 Å². The Hall–Kier alpha value is -2.06. The zero-order chi connectivity index (χ0) is 16.2. The van der Waals surface area contributed by atoms with Gasteiger partial charge in [0.05, 0.1) is 0 Å². The van der Waals surface area contributed by atoms with E-state index in [0.29, 0.717) is 11.4 Å². The van der Waals surface area contributed by atoms with Crippen LogP contribution in [0.3, 0.4) is 0 Å². The highest BCUT2D eigenvalue weighted by Gasteiger charge is 2.28. The average Bonchev–Trinajstić information content (AvgIpc) is 2.71. The highest BCUT2D eigenvalue weighted by molar-refractivity contribution is 7.90. The summed E-state index contributed by atoms with van der Waals surface area (Å²) in [5.74, 6) is 0.344. The van der Waals surface area contributed by atoms with Gasteiger partial charge in [0.15, 0.2) is 5.84 Å². The minimum atomic E-state index is -3.57. The van der Waals surface area contributed by atoms with Gasteiger partial charge in [0.1, 0.15) is 4.90 Å². The molecule has 0 atom stereocenters. The lowest BCUT2D eigenvalue weighted by Crippen LogP contribution is -2.11. The lowest BCUT2D eigenvalue weighted by molar-refractivity contribution is 0.599. The van der Waals surface area contributed by atoms with Gasteiger partial charge in [-0.2, -0.15) is 8.42 Å². The first kappa shape index (κ1) is 16.3. The van der Waals surface area contributed by atoms with Gasteiger partial charge in [0.2, 0.25) is 0 Å². The summed E-state index contributed by atoms with van der Waals surface area (Å²) >= 11 is 0. The number of aromatic nitrogens is 1.